The van der Waals surface area contributed by atoms with Crippen LogP contribution in [-0.4, -0.2) is 9.55 Å². The average Bonchev–Trinajstić information content (AvgIpc) is 2.77. The van der Waals surface area contributed by atoms with E-state index in [1.165, 1.54) is 12.1 Å². The average molecular weight is 269 g/mol. The van der Waals surface area contributed by atoms with Crippen LogP contribution in [0.5, 0.6) is 0 Å². The summed E-state index contributed by atoms with van der Waals surface area (Å²) in [5.74, 6) is 0.519. The quantitative estimate of drug-likeness (QED) is 0.714. The monoisotopic (exact) mass is 269 g/mol. The van der Waals surface area contributed by atoms with Gasteiger partial charge in [-0.2, -0.15) is 0 Å². The van der Waals surface area contributed by atoms with Crippen molar-refractivity contribution in [3.8, 4) is 11.4 Å². The molecule has 0 radical (unpaired) electrons. The number of nitrogens with zero attached hydrogens (tertiary/aromatic N) is 2. The van der Waals surface area contributed by atoms with Gasteiger partial charge in [-0.1, -0.05) is 12.1 Å². The maximum atomic E-state index is 13.5. The highest BCUT2D eigenvalue weighted by Gasteiger charge is 2.16. The molecule has 3 nitrogen and oxygen atoms in total. The normalized spacial score (nSPS) is 11.4. The number of rotatable bonds is 2. The summed E-state index contributed by atoms with van der Waals surface area (Å²) in [5.41, 5.74) is 9.16. The third-order valence-corrected chi connectivity index (χ3v) is 3.37. The summed E-state index contributed by atoms with van der Waals surface area (Å²) in [5, 5.41) is 0. The Bertz CT molecular complexity index is 774. The van der Waals surface area contributed by atoms with Gasteiger partial charge in [-0.25, -0.2) is 9.37 Å². The van der Waals surface area contributed by atoms with E-state index in [0.29, 0.717) is 5.69 Å². The van der Waals surface area contributed by atoms with E-state index in [1.54, 1.807) is 6.07 Å². The Balaban J connectivity index is 2.36. The van der Waals surface area contributed by atoms with E-state index in [-0.39, 0.29) is 11.9 Å². The topological polar surface area (TPSA) is 43.8 Å². The van der Waals surface area contributed by atoms with E-state index >= 15 is 0 Å². The van der Waals surface area contributed by atoms with Gasteiger partial charge in [-0.15, -0.1) is 0 Å². The van der Waals surface area contributed by atoms with Gasteiger partial charge in [0.15, 0.2) is 0 Å². The number of halogens is 1. The van der Waals surface area contributed by atoms with Gasteiger partial charge in [-0.05, 0) is 44.2 Å². The summed E-state index contributed by atoms with van der Waals surface area (Å²) < 4.78 is 15.5. The standard InChI is InChI=1S/C16H16FN3/c1-10(2)20-15-9-11(17)7-8-14(15)19-16(20)12-5-3-4-6-13(12)18/h3-10H,18H2,1-2H3. The van der Waals surface area contributed by atoms with Crippen molar-refractivity contribution in [3.63, 3.8) is 0 Å². The number of hydrogen-bond donors (Lipinski definition) is 1. The number of nitrogens with two attached hydrogens (primary N) is 1. The number of fused-ring (bicyclic) bond motifs is 1. The van der Waals surface area contributed by atoms with Crippen molar-refractivity contribution >= 4 is 16.7 Å². The molecule has 4 heteroatoms. The van der Waals surface area contributed by atoms with Gasteiger partial charge in [0.2, 0.25) is 0 Å². The van der Waals surface area contributed by atoms with E-state index in [0.717, 1.165) is 22.4 Å². The second-order valence-corrected chi connectivity index (χ2v) is 5.12. The minimum atomic E-state index is -0.258. The van der Waals surface area contributed by atoms with Crippen LogP contribution >= 0.6 is 0 Å². The van der Waals surface area contributed by atoms with E-state index in [2.05, 4.69) is 18.8 Å². The fraction of sp³-hybridized carbons (Fsp3) is 0.188. The minimum Gasteiger partial charge on any atom is -0.398 e. The van der Waals surface area contributed by atoms with Crippen LogP contribution in [0.1, 0.15) is 19.9 Å². The number of nitrogen functional groups attached to an aromatic ring is 1. The predicted octanol–water partition coefficient (Wildman–Crippen LogP) is 4.01. The maximum Gasteiger partial charge on any atom is 0.143 e. The van der Waals surface area contributed by atoms with Crippen LogP contribution in [0, 0.1) is 5.82 Å². The molecule has 0 spiro atoms. The summed E-state index contributed by atoms with van der Waals surface area (Å²) in [7, 11) is 0. The highest BCUT2D eigenvalue weighted by molar-refractivity contribution is 5.83. The zero-order valence-corrected chi connectivity index (χ0v) is 11.5. The lowest BCUT2D eigenvalue weighted by Crippen LogP contribution is -2.04. The Labute approximate surface area is 116 Å². The Morgan fingerprint density at radius 1 is 1.15 bits per heavy atom. The van der Waals surface area contributed by atoms with Crippen LogP contribution < -0.4 is 5.73 Å². The van der Waals surface area contributed by atoms with Crippen molar-refractivity contribution in [1.29, 1.82) is 0 Å². The molecule has 3 rings (SSSR count). The summed E-state index contributed by atoms with van der Waals surface area (Å²) in [6.45, 7) is 4.10. The second kappa shape index (κ2) is 4.63. The molecular formula is C16H16FN3. The summed E-state index contributed by atoms with van der Waals surface area (Å²) in [4.78, 5) is 4.62. The van der Waals surface area contributed by atoms with Gasteiger partial charge >= 0.3 is 0 Å². The fourth-order valence-corrected chi connectivity index (χ4v) is 2.48. The molecule has 0 atom stereocenters. The third-order valence-electron chi connectivity index (χ3n) is 3.37. The Kier molecular flexibility index (Phi) is 2.93. The van der Waals surface area contributed by atoms with Gasteiger partial charge in [-0.3, -0.25) is 0 Å². The highest BCUT2D eigenvalue weighted by atomic mass is 19.1. The van der Waals surface area contributed by atoms with Crippen molar-refractivity contribution in [2.45, 2.75) is 19.9 Å². The maximum absolute atomic E-state index is 13.5. The van der Waals surface area contributed by atoms with Gasteiger partial charge in [0.05, 0.1) is 11.0 Å². The molecule has 102 valence electrons. The SMILES string of the molecule is CC(C)n1c(-c2ccccc2N)nc2ccc(F)cc21. The lowest BCUT2D eigenvalue weighted by atomic mass is 10.1. The highest BCUT2D eigenvalue weighted by Crippen LogP contribution is 2.31. The molecule has 0 fully saturated rings. The first-order chi connectivity index (χ1) is 9.58. The van der Waals surface area contributed by atoms with Crippen molar-refractivity contribution in [1.82, 2.24) is 9.55 Å². The number of imidazole rings is 1. The first-order valence-corrected chi connectivity index (χ1v) is 6.60. The lowest BCUT2D eigenvalue weighted by molar-refractivity contribution is 0.613. The molecule has 0 unspecified atom stereocenters. The van der Waals surface area contributed by atoms with E-state index in [4.69, 9.17) is 5.73 Å². The molecule has 0 amide bonds. The molecule has 20 heavy (non-hydrogen) atoms. The van der Waals surface area contributed by atoms with Crippen LogP contribution in [0.15, 0.2) is 42.5 Å². The van der Waals surface area contributed by atoms with Crippen LogP contribution in [0.2, 0.25) is 0 Å². The van der Waals surface area contributed by atoms with Crippen molar-refractivity contribution in [2.75, 3.05) is 5.73 Å². The van der Waals surface area contributed by atoms with Crippen LogP contribution in [0.25, 0.3) is 22.4 Å². The first-order valence-electron chi connectivity index (χ1n) is 6.60. The molecule has 0 saturated carbocycles. The second-order valence-electron chi connectivity index (χ2n) is 5.12. The summed E-state index contributed by atoms with van der Waals surface area (Å²) >= 11 is 0. The Morgan fingerprint density at radius 2 is 1.90 bits per heavy atom. The molecule has 0 aliphatic carbocycles. The zero-order chi connectivity index (χ0) is 14.3. The van der Waals surface area contributed by atoms with Gasteiger partial charge < -0.3 is 10.3 Å². The van der Waals surface area contributed by atoms with Crippen LogP contribution in [0.3, 0.4) is 0 Å². The van der Waals surface area contributed by atoms with Crippen molar-refractivity contribution in [3.05, 3.63) is 48.3 Å². The number of benzene rings is 2. The summed E-state index contributed by atoms with van der Waals surface area (Å²) in [6, 6.07) is 12.4. The molecule has 0 aliphatic rings. The van der Waals surface area contributed by atoms with E-state index in [9.17, 15) is 4.39 Å². The molecule has 1 aromatic heterocycles. The predicted molar refractivity (Wildman–Crippen MR) is 79.9 cm³/mol. The lowest BCUT2D eigenvalue weighted by Gasteiger charge is -2.14. The number of anilines is 1. The van der Waals surface area contributed by atoms with E-state index < -0.39 is 0 Å². The largest absolute Gasteiger partial charge is 0.398 e. The number of para-hydroxylation sites is 1. The molecule has 0 bridgehead atoms. The number of hydrogen-bond acceptors (Lipinski definition) is 2. The molecular weight excluding hydrogens is 253 g/mol. The third kappa shape index (κ3) is 1.93. The zero-order valence-electron chi connectivity index (χ0n) is 11.5. The fourth-order valence-electron chi connectivity index (χ4n) is 2.48. The molecule has 3 aromatic rings. The van der Waals surface area contributed by atoms with E-state index in [1.807, 2.05) is 28.8 Å². The van der Waals surface area contributed by atoms with Crippen molar-refractivity contribution < 1.29 is 4.39 Å². The number of aromatic nitrogens is 2. The smallest absolute Gasteiger partial charge is 0.143 e. The molecule has 0 aliphatic heterocycles. The Hall–Kier alpha value is -2.36. The first kappa shape index (κ1) is 12.7. The van der Waals surface area contributed by atoms with Crippen molar-refractivity contribution in [2.24, 2.45) is 0 Å². The van der Waals surface area contributed by atoms with Crippen LogP contribution in [0.4, 0.5) is 10.1 Å². The van der Waals surface area contributed by atoms with Crippen LogP contribution in [-0.2, 0) is 0 Å². The molecule has 2 N–H and O–H groups in total. The van der Waals surface area contributed by atoms with Gasteiger partial charge in [0.1, 0.15) is 11.6 Å². The summed E-state index contributed by atoms with van der Waals surface area (Å²) in [6.07, 6.45) is 0. The molecule has 0 saturated heterocycles. The molecule has 2 aromatic carbocycles. The molecule has 1 heterocycles. The Morgan fingerprint density at radius 3 is 2.60 bits per heavy atom. The minimum absolute atomic E-state index is 0.163. The van der Waals surface area contributed by atoms with Gasteiger partial charge in [0.25, 0.3) is 0 Å². The van der Waals surface area contributed by atoms with Gasteiger partial charge in [0, 0.05) is 17.3 Å².